The van der Waals surface area contributed by atoms with Crippen molar-refractivity contribution >= 4 is 18.0 Å². The van der Waals surface area contributed by atoms with Crippen LogP contribution in [0, 0.1) is 6.07 Å². The number of nitrogen functional groups attached to an aromatic ring is 1. The Bertz CT molecular complexity index is 510. The van der Waals surface area contributed by atoms with Gasteiger partial charge in [-0.2, -0.15) is 5.56 Å². The molecule has 136 valence electrons. The molecule has 0 unspecified atom stereocenters. The molecule has 0 atom stereocenters. The number of hydrogen-bond acceptors (Lipinski definition) is 3. The molecule has 6 heteroatoms. The molecule has 0 bridgehead atoms. The number of nitrogens with zero attached hydrogens (tertiary/aromatic N) is 1. The molecule has 3 N–H and O–H groups in total. The molecular formula is C19H31N3NaO2-. The van der Waals surface area contributed by atoms with Crippen molar-refractivity contribution in [1.82, 2.24) is 5.32 Å². The molecule has 1 saturated carbocycles. The van der Waals surface area contributed by atoms with Gasteiger partial charge in [0.1, 0.15) is 5.60 Å². The van der Waals surface area contributed by atoms with Gasteiger partial charge >= 0.3 is 35.7 Å². The number of ether oxygens (including phenoxy) is 1. The van der Waals surface area contributed by atoms with Gasteiger partial charge in [-0.1, -0.05) is 32.4 Å². The van der Waals surface area contributed by atoms with Crippen molar-refractivity contribution in [3.05, 3.63) is 35.2 Å². The molecule has 0 aromatic heterocycles. The molecule has 0 saturated heterocycles. The maximum Gasteiger partial charge on any atom is 1.00 e. The monoisotopic (exact) mass is 356 g/mol. The molecule has 2 rings (SSSR count). The maximum atomic E-state index is 11.4. The molecule has 1 fully saturated rings. The van der Waals surface area contributed by atoms with E-state index in [2.05, 4.69) is 11.4 Å². The van der Waals surface area contributed by atoms with Gasteiger partial charge in [-0.3, -0.25) is 6.21 Å². The van der Waals surface area contributed by atoms with Crippen molar-refractivity contribution < 1.29 is 39.1 Å². The van der Waals surface area contributed by atoms with E-state index < -0.39 is 5.60 Å². The van der Waals surface area contributed by atoms with E-state index >= 15 is 0 Å². The average molecular weight is 356 g/mol. The van der Waals surface area contributed by atoms with E-state index in [9.17, 15) is 4.79 Å². The summed E-state index contributed by atoms with van der Waals surface area (Å²) in [6.07, 6.45) is 6.60. The number of amides is 1. The van der Waals surface area contributed by atoms with Crippen LogP contribution in [0.3, 0.4) is 0 Å². The van der Waals surface area contributed by atoms with Gasteiger partial charge < -0.3 is 21.2 Å². The van der Waals surface area contributed by atoms with Gasteiger partial charge in [-0.25, -0.2) is 4.79 Å². The second-order valence-corrected chi connectivity index (χ2v) is 6.65. The largest absolute Gasteiger partial charge is 1.00 e. The molecule has 0 heterocycles. The minimum Gasteiger partial charge on any atom is -0.862 e. The predicted octanol–water partition coefficient (Wildman–Crippen LogP) is 1.54. The number of alkyl carbamates (subject to hydrolysis) is 1. The minimum absolute atomic E-state index is 0. The fraction of sp³-hybridized carbons (Fsp3) is 0.579. The molecule has 0 spiro atoms. The average Bonchev–Trinajstić information content (AvgIpc) is 2.47. The second-order valence-electron chi connectivity index (χ2n) is 6.65. The molecular weight excluding hydrogens is 325 g/mol. The number of carbonyl (C=O) groups is 1. The minimum atomic E-state index is -0.390. The van der Waals surface area contributed by atoms with Crippen molar-refractivity contribution in [2.75, 3.05) is 5.73 Å². The zero-order valence-corrected chi connectivity index (χ0v) is 17.3. The first-order chi connectivity index (χ1) is 10.8. The zero-order valence-electron chi connectivity index (χ0n) is 15.3. The van der Waals surface area contributed by atoms with Gasteiger partial charge in [-0.15, -0.1) is 24.3 Å². The van der Waals surface area contributed by atoms with Gasteiger partial charge in [0.05, 0.1) is 0 Å². The molecule has 0 radical (unpaired) electrons. The quantitative estimate of drug-likeness (QED) is 0.365. The first-order valence-electron chi connectivity index (χ1n) is 8.05. The third-order valence-corrected chi connectivity index (χ3v) is 3.38. The summed E-state index contributed by atoms with van der Waals surface area (Å²) >= 11 is 0. The molecule has 1 aliphatic rings. The molecule has 1 amide bonds. The number of nitrogens with two attached hydrogens (primary N) is 1. The van der Waals surface area contributed by atoms with Crippen LogP contribution >= 0.6 is 0 Å². The summed E-state index contributed by atoms with van der Waals surface area (Å²) in [7, 11) is 0. The van der Waals surface area contributed by atoms with Crippen molar-refractivity contribution in [1.29, 1.82) is 0 Å². The number of rotatable bonds is 2. The standard InChI is InChI=1S/C11H21NO2.C7H6N2.CH4.Na/c1-11(2,3)14-10(13)12-9-7-5-4-6-8-9;8-5-6-3-1-2-4-7(6)9;;/h9H,4-8H2,1-3H3,(H,12,13);1-2,4-5H,9H2;1H4;/q;-2;;+1. The number of anilines is 1. The molecule has 1 aliphatic carbocycles. The molecule has 25 heavy (non-hydrogen) atoms. The Morgan fingerprint density at radius 2 is 1.96 bits per heavy atom. The number of carbonyl (C=O) groups excluding carboxylic acids is 1. The third-order valence-electron chi connectivity index (χ3n) is 3.38. The summed E-state index contributed by atoms with van der Waals surface area (Å²) in [4.78, 5) is 11.4. The van der Waals surface area contributed by atoms with Crippen molar-refractivity contribution in [2.24, 2.45) is 0 Å². The SMILES string of the molecule is C.CC(C)(C)OC(=O)NC1CCCCC1.[N-]=Cc1[c-]cccc1N.[Na+]. The van der Waals surface area contributed by atoms with Crippen LogP contribution in [-0.4, -0.2) is 24.0 Å². The first-order valence-corrected chi connectivity index (χ1v) is 8.05. The van der Waals surface area contributed by atoms with E-state index in [0.29, 0.717) is 17.3 Å². The topological polar surface area (TPSA) is 86.6 Å². The summed E-state index contributed by atoms with van der Waals surface area (Å²) < 4.78 is 5.19. The van der Waals surface area contributed by atoms with Crippen molar-refractivity contribution in [3.63, 3.8) is 0 Å². The molecule has 5 nitrogen and oxygen atoms in total. The summed E-state index contributed by atoms with van der Waals surface area (Å²) in [6, 6.07) is 8.25. The predicted molar refractivity (Wildman–Crippen MR) is 101 cm³/mol. The fourth-order valence-corrected chi connectivity index (χ4v) is 2.30. The Morgan fingerprint density at radius 1 is 1.36 bits per heavy atom. The zero-order chi connectivity index (χ0) is 17.3. The van der Waals surface area contributed by atoms with E-state index in [1.165, 1.54) is 19.3 Å². The smallest absolute Gasteiger partial charge is 0.862 e. The van der Waals surface area contributed by atoms with Crippen LogP contribution in [0.4, 0.5) is 10.5 Å². The fourth-order valence-electron chi connectivity index (χ4n) is 2.30. The van der Waals surface area contributed by atoms with Crippen LogP contribution in [0.1, 0.15) is 65.9 Å². The maximum absolute atomic E-state index is 11.4. The second kappa shape index (κ2) is 13.2. The molecule has 1 aromatic rings. The Morgan fingerprint density at radius 3 is 2.40 bits per heavy atom. The van der Waals surface area contributed by atoms with Crippen LogP contribution < -0.4 is 40.6 Å². The van der Waals surface area contributed by atoms with Crippen LogP contribution in [0.15, 0.2) is 18.2 Å². The van der Waals surface area contributed by atoms with Gasteiger partial charge in [-0.05, 0) is 33.6 Å². The van der Waals surface area contributed by atoms with E-state index in [1.807, 2.05) is 20.8 Å². The number of hydrogen-bond donors (Lipinski definition) is 2. The van der Waals surface area contributed by atoms with Gasteiger partial charge in [0.2, 0.25) is 0 Å². The number of benzene rings is 1. The summed E-state index contributed by atoms with van der Waals surface area (Å²) in [5.41, 5.74) is 6.10. The number of nitrogens with one attached hydrogen (secondary N) is 1. The van der Waals surface area contributed by atoms with Crippen LogP contribution in [0.2, 0.25) is 0 Å². The van der Waals surface area contributed by atoms with Gasteiger partial charge in [0.25, 0.3) is 0 Å². The van der Waals surface area contributed by atoms with Crippen molar-refractivity contribution in [3.8, 4) is 0 Å². The Labute approximate surface area is 174 Å². The van der Waals surface area contributed by atoms with E-state index in [4.69, 9.17) is 15.9 Å². The van der Waals surface area contributed by atoms with Crippen LogP contribution in [0.5, 0.6) is 0 Å². The van der Waals surface area contributed by atoms with E-state index in [1.54, 1.807) is 18.2 Å². The Balaban J connectivity index is 0. The Kier molecular flexibility index (Phi) is 13.8. The van der Waals surface area contributed by atoms with E-state index in [0.717, 1.165) is 19.1 Å². The van der Waals surface area contributed by atoms with Gasteiger partial charge in [0.15, 0.2) is 0 Å². The normalized spacial score (nSPS) is 13.9. The first kappa shape index (κ1) is 26.2. The van der Waals surface area contributed by atoms with E-state index in [-0.39, 0.29) is 43.1 Å². The van der Waals surface area contributed by atoms with Gasteiger partial charge in [0, 0.05) is 6.04 Å². The van der Waals surface area contributed by atoms with Crippen LogP contribution in [0.25, 0.3) is 5.41 Å². The van der Waals surface area contributed by atoms with Crippen LogP contribution in [-0.2, 0) is 4.74 Å². The summed E-state index contributed by atoms with van der Waals surface area (Å²) in [5.74, 6) is 0. The summed E-state index contributed by atoms with van der Waals surface area (Å²) in [5, 5.41) is 11.4. The molecule has 1 aromatic carbocycles. The third kappa shape index (κ3) is 12.0. The summed E-state index contributed by atoms with van der Waals surface area (Å²) in [6.45, 7) is 5.65. The Hall–Kier alpha value is -1.04. The molecule has 0 aliphatic heterocycles. The van der Waals surface area contributed by atoms with Crippen molar-refractivity contribution in [2.45, 2.75) is 71.9 Å².